The lowest BCUT2D eigenvalue weighted by molar-refractivity contribution is 0.102. The molecular formula is C13H11F2N3OS. The van der Waals surface area contributed by atoms with Crippen LogP contribution in [0.4, 0.5) is 8.78 Å². The molecular weight excluding hydrogens is 284 g/mol. The molecule has 7 heteroatoms. The van der Waals surface area contributed by atoms with Gasteiger partial charge in [0.2, 0.25) is 0 Å². The Kier molecular flexibility index (Phi) is 4.62. The summed E-state index contributed by atoms with van der Waals surface area (Å²) >= 11 is 1.18. The summed E-state index contributed by atoms with van der Waals surface area (Å²) in [5.41, 5.74) is 0.131. The first-order chi connectivity index (χ1) is 9.61. The third kappa shape index (κ3) is 3.30. The molecule has 2 rings (SSSR count). The summed E-state index contributed by atoms with van der Waals surface area (Å²) in [4.78, 5) is 11.9. The summed E-state index contributed by atoms with van der Waals surface area (Å²) in [5.74, 6) is -2.24. The maximum absolute atomic E-state index is 13.0. The van der Waals surface area contributed by atoms with E-state index in [0.29, 0.717) is 11.7 Å². The fourth-order valence-corrected chi connectivity index (χ4v) is 2.32. The molecule has 0 amide bonds. The summed E-state index contributed by atoms with van der Waals surface area (Å²) in [6.45, 7) is 4.14. The highest BCUT2D eigenvalue weighted by Crippen LogP contribution is 2.17. The van der Waals surface area contributed by atoms with Gasteiger partial charge in [-0.15, -0.1) is 16.8 Å². The second-order valence-corrected chi connectivity index (χ2v) is 4.84. The van der Waals surface area contributed by atoms with Crippen molar-refractivity contribution in [2.24, 2.45) is 0 Å². The van der Waals surface area contributed by atoms with Crippen LogP contribution in [0.1, 0.15) is 10.4 Å². The van der Waals surface area contributed by atoms with Gasteiger partial charge in [-0.2, -0.15) is 0 Å². The molecule has 1 heterocycles. The van der Waals surface area contributed by atoms with Gasteiger partial charge in [0.15, 0.2) is 22.6 Å². The molecule has 1 aromatic heterocycles. The smallest absolute Gasteiger partial charge is 0.191 e. The number of carbonyl (C=O) groups excluding carboxylic acids is 1. The Hall–Kier alpha value is -2.02. The van der Waals surface area contributed by atoms with E-state index in [4.69, 9.17) is 0 Å². The van der Waals surface area contributed by atoms with Gasteiger partial charge in [-0.1, -0.05) is 17.8 Å². The number of halogens is 2. The number of nitrogens with zero attached hydrogens (tertiary/aromatic N) is 3. The highest BCUT2D eigenvalue weighted by molar-refractivity contribution is 7.99. The van der Waals surface area contributed by atoms with Crippen molar-refractivity contribution in [3.63, 3.8) is 0 Å². The number of aromatic nitrogens is 3. The highest BCUT2D eigenvalue weighted by atomic mass is 32.2. The molecule has 0 aliphatic rings. The van der Waals surface area contributed by atoms with E-state index in [1.165, 1.54) is 24.2 Å². The molecule has 0 saturated carbocycles. The number of hydrogen-bond donors (Lipinski definition) is 0. The minimum absolute atomic E-state index is 0.0703. The standard InChI is InChI=1S/C13H11F2N3OS/c1-2-5-18-8-16-17-13(18)20-7-12(19)9-3-4-10(14)11(15)6-9/h2-4,6,8H,1,5,7H2. The number of allylic oxidation sites excluding steroid dienone is 1. The zero-order valence-electron chi connectivity index (χ0n) is 10.4. The lowest BCUT2D eigenvalue weighted by Gasteiger charge is -2.03. The Bertz CT molecular complexity index is 642. The highest BCUT2D eigenvalue weighted by Gasteiger charge is 2.12. The van der Waals surface area contributed by atoms with E-state index in [1.54, 1.807) is 10.6 Å². The first kappa shape index (κ1) is 14.4. The van der Waals surface area contributed by atoms with Crippen LogP contribution < -0.4 is 0 Å². The number of benzene rings is 1. The van der Waals surface area contributed by atoms with Crippen molar-refractivity contribution in [2.75, 3.05) is 5.75 Å². The van der Waals surface area contributed by atoms with Gasteiger partial charge in [0.05, 0.1) is 5.75 Å². The minimum atomic E-state index is -1.03. The molecule has 0 fully saturated rings. The molecule has 4 nitrogen and oxygen atoms in total. The summed E-state index contributed by atoms with van der Waals surface area (Å²) in [6, 6.07) is 3.09. The van der Waals surface area contributed by atoms with Crippen LogP contribution in [0.3, 0.4) is 0 Å². The molecule has 0 spiro atoms. The normalized spacial score (nSPS) is 10.5. The Morgan fingerprint density at radius 1 is 1.40 bits per heavy atom. The molecule has 0 aliphatic carbocycles. The molecule has 0 aliphatic heterocycles. The quantitative estimate of drug-likeness (QED) is 0.467. The van der Waals surface area contributed by atoms with Crippen LogP contribution in [0, 0.1) is 11.6 Å². The molecule has 0 N–H and O–H groups in total. The van der Waals surface area contributed by atoms with E-state index in [-0.39, 0.29) is 17.1 Å². The van der Waals surface area contributed by atoms with Gasteiger partial charge < -0.3 is 4.57 Å². The van der Waals surface area contributed by atoms with Crippen LogP contribution >= 0.6 is 11.8 Å². The second-order valence-electron chi connectivity index (χ2n) is 3.90. The lowest BCUT2D eigenvalue weighted by atomic mass is 10.1. The Morgan fingerprint density at radius 2 is 2.20 bits per heavy atom. The topological polar surface area (TPSA) is 47.8 Å². The van der Waals surface area contributed by atoms with Crippen molar-refractivity contribution in [3.05, 3.63) is 54.4 Å². The average molecular weight is 295 g/mol. The van der Waals surface area contributed by atoms with E-state index in [9.17, 15) is 13.6 Å². The minimum Gasteiger partial charge on any atom is -0.305 e. The van der Waals surface area contributed by atoms with Crippen molar-refractivity contribution in [2.45, 2.75) is 11.7 Å². The van der Waals surface area contributed by atoms with Gasteiger partial charge in [0.1, 0.15) is 6.33 Å². The molecule has 0 unspecified atom stereocenters. The third-order valence-electron chi connectivity index (χ3n) is 2.48. The van der Waals surface area contributed by atoms with Gasteiger partial charge in [-0.3, -0.25) is 4.79 Å². The lowest BCUT2D eigenvalue weighted by Crippen LogP contribution is -2.05. The molecule has 0 atom stereocenters. The fraction of sp³-hybridized carbons (Fsp3) is 0.154. The Morgan fingerprint density at radius 3 is 2.90 bits per heavy atom. The van der Waals surface area contributed by atoms with Crippen molar-refractivity contribution < 1.29 is 13.6 Å². The van der Waals surface area contributed by atoms with Crippen LogP contribution in [0.15, 0.2) is 42.3 Å². The maximum atomic E-state index is 13.0. The zero-order valence-corrected chi connectivity index (χ0v) is 11.2. The van der Waals surface area contributed by atoms with Gasteiger partial charge in [-0.05, 0) is 18.2 Å². The van der Waals surface area contributed by atoms with E-state index < -0.39 is 11.6 Å². The van der Waals surface area contributed by atoms with E-state index >= 15 is 0 Å². The van der Waals surface area contributed by atoms with Gasteiger partial charge in [0, 0.05) is 12.1 Å². The molecule has 20 heavy (non-hydrogen) atoms. The number of rotatable bonds is 6. The predicted octanol–water partition coefficient (Wildman–Crippen LogP) is 2.72. The fourth-order valence-electron chi connectivity index (χ4n) is 1.50. The maximum Gasteiger partial charge on any atom is 0.191 e. The number of carbonyl (C=O) groups is 1. The van der Waals surface area contributed by atoms with Crippen LogP contribution in [0.25, 0.3) is 0 Å². The predicted molar refractivity (Wildman–Crippen MR) is 71.6 cm³/mol. The number of thioether (sulfide) groups is 1. The Labute approximate surface area is 118 Å². The van der Waals surface area contributed by atoms with E-state index in [1.807, 2.05) is 0 Å². The summed E-state index contributed by atoms with van der Waals surface area (Å²) < 4.78 is 27.6. The molecule has 1 aromatic carbocycles. The van der Waals surface area contributed by atoms with Crippen LogP contribution in [-0.4, -0.2) is 26.3 Å². The largest absolute Gasteiger partial charge is 0.305 e. The van der Waals surface area contributed by atoms with Gasteiger partial charge in [-0.25, -0.2) is 8.78 Å². The van der Waals surface area contributed by atoms with Crippen molar-refractivity contribution in [1.29, 1.82) is 0 Å². The molecule has 104 valence electrons. The van der Waals surface area contributed by atoms with Crippen molar-refractivity contribution in [1.82, 2.24) is 14.8 Å². The summed E-state index contributed by atoms with van der Waals surface area (Å²) in [7, 11) is 0. The van der Waals surface area contributed by atoms with E-state index in [2.05, 4.69) is 16.8 Å². The monoisotopic (exact) mass is 295 g/mol. The molecule has 0 radical (unpaired) electrons. The molecule has 0 saturated heterocycles. The number of ketones is 1. The zero-order chi connectivity index (χ0) is 14.5. The van der Waals surface area contributed by atoms with Gasteiger partial charge in [0.25, 0.3) is 0 Å². The number of hydrogen-bond acceptors (Lipinski definition) is 4. The molecule has 2 aromatic rings. The number of Topliss-reactive ketones (excluding diaryl/α,β-unsaturated/α-hetero) is 1. The Balaban J connectivity index is 2.02. The van der Waals surface area contributed by atoms with Crippen molar-refractivity contribution in [3.8, 4) is 0 Å². The third-order valence-corrected chi connectivity index (χ3v) is 3.46. The first-order valence-corrected chi connectivity index (χ1v) is 6.70. The average Bonchev–Trinajstić information content (AvgIpc) is 2.87. The van der Waals surface area contributed by atoms with Crippen LogP contribution in [0.5, 0.6) is 0 Å². The SMILES string of the molecule is C=CCn1cnnc1SCC(=O)c1ccc(F)c(F)c1. The van der Waals surface area contributed by atoms with Crippen LogP contribution in [0.2, 0.25) is 0 Å². The van der Waals surface area contributed by atoms with Crippen LogP contribution in [-0.2, 0) is 6.54 Å². The summed E-state index contributed by atoms with van der Waals surface area (Å²) in [6.07, 6.45) is 3.22. The summed E-state index contributed by atoms with van der Waals surface area (Å²) in [5, 5.41) is 8.18. The van der Waals surface area contributed by atoms with Gasteiger partial charge >= 0.3 is 0 Å². The molecule has 0 bridgehead atoms. The second kappa shape index (κ2) is 6.42. The van der Waals surface area contributed by atoms with Crippen molar-refractivity contribution >= 4 is 17.5 Å². The van der Waals surface area contributed by atoms with E-state index in [0.717, 1.165) is 12.1 Å². The first-order valence-electron chi connectivity index (χ1n) is 5.71.